The molecule has 1 amide bonds. The molecule has 0 aromatic heterocycles. The van der Waals surface area contributed by atoms with Crippen molar-refractivity contribution < 1.29 is 13.6 Å². The summed E-state index contributed by atoms with van der Waals surface area (Å²) >= 11 is 0. The summed E-state index contributed by atoms with van der Waals surface area (Å²) in [7, 11) is 0. The molecule has 66 valence electrons. The minimum absolute atomic E-state index is 0.215. The van der Waals surface area contributed by atoms with Crippen molar-refractivity contribution in [2.75, 3.05) is 5.32 Å². The van der Waals surface area contributed by atoms with Crippen LogP contribution in [-0.4, -0.2) is 5.91 Å². The van der Waals surface area contributed by atoms with E-state index < -0.39 is 17.5 Å². The number of carbonyl (C=O) groups excluding carboxylic acids is 1. The van der Waals surface area contributed by atoms with Gasteiger partial charge >= 0.3 is 5.91 Å². The summed E-state index contributed by atoms with van der Waals surface area (Å²) in [5.41, 5.74) is -0.215. The quantitative estimate of drug-likeness (QED) is 0.668. The van der Waals surface area contributed by atoms with Gasteiger partial charge in [0.2, 0.25) is 0 Å². The minimum Gasteiger partial charge on any atom is -0.311 e. The van der Waals surface area contributed by atoms with Crippen molar-refractivity contribution >= 4 is 11.6 Å². The van der Waals surface area contributed by atoms with Crippen molar-refractivity contribution in [1.29, 1.82) is 5.26 Å². The van der Waals surface area contributed by atoms with Crippen molar-refractivity contribution in [3.05, 3.63) is 29.8 Å². The van der Waals surface area contributed by atoms with Crippen molar-refractivity contribution in [3.8, 4) is 6.07 Å². The SMILES string of the molecule is N#CC(=O)Nc1ccc(F)cc1F. The third-order valence-corrected chi connectivity index (χ3v) is 1.28. The number of nitrogens with zero attached hydrogens (tertiary/aromatic N) is 1. The van der Waals surface area contributed by atoms with Crippen LogP contribution in [-0.2, 0) is 4.79 Å². The Hall–Kier alpha value is -1.96. The molecule has 0 aliphatic carbocycles. The van der Waals surface area contributed by atoms with Gasteiger partial charge in [-0.2, -0.15) is 5.26 Å². The lowest BCUT2D eigenvalue weighted by Crippen LogP contribution is -2.09. The Balaban J connectivity index is 2.91. The molecule has 0 spiro atoms. The lowest BCUT2D eigenvalue weighted by Gasteiger charge is -2.00. The van der Waals surface area contributed by atoms with Crippen LogP contribution in [0.5, 0.6) is 0 Å². The first-order valence-electron chi connectivity index (χ1n) is 3.29. The maximum absolute atomic E-state index is 12.8. The molecule has 0 atom stereocenters. The van der Waals surface area contributed by atoms with Gasteiger partial charge in [-0.1, -0.05) is 0 Å². The molecule has 13 heavy (non-hydrogen) atoms. The fraction of sp³-hybridized carbons (Fsp3) is 0. The van der Waals surface area contributed by atoms with Gasteiger partial charge in [0, 0.05) is 6.07 Å². The van der Waals surface area contributed by atoms with Crippen molar-refractivity contribution in [2.24, 2.45) is 0 Å². The Bertz CT molecular complexity index is 384. The highest BCUT2D eigenvalue weighted by Gasteiger charge is 2.06. The molecule has 0 aliphatic rings. The minimum atomic E-state index is -0.995. The average molecular weight is 182 g/mol. The molecule has 0 radical (unpaired) electrons. The van der Waals surface area contributed by atoms with Crippen LogP contribution in [0.25, 0.3) is 0 Å². The second-order valence-corrected chi connectivity index (χ2v) is 2.19. The van der Waals surface area contributed by atoms with Crippen molar-refractivity contribution in [2.45, 2.75) is 0 Å². The first kappa shape index (κ1) is 9.13. The van der Waals surface area contributed by atoms with E-state index in [1.54, 1.807) is 0 Å². The summed E-state index contributed by atoms with van der Waals surface area (Å²) < 4.78 is 25.1. The highest BCUT2D eigenvalue weighted by Crippen LogP contribution is 2.14. The molecule has 0 saturated heterocycles. The van der Waals surface area contributed by atoms with E-state index in [9.17, 15) is 13.6 Å². The Morgan fingerprint density at radius 3 is 2.69 bits per heavy atom. The van der Waals surface area contributed by atoms with Gasteiger partial charge in [-0.15, -0.1) is 0 Å². The fourth-order valence-electron chi connectivity index (χ4n) is 0.741. The zero-order valence-corrected chi connectivity index (χ0v) is 6.34. The van der Waals surface area contributed by atoms with Crippen LogP contribution in [0.1, 0.15) is 0 Å². The van der Waals surface area contributed by atoms with Gasteiger partial charge in [-0.25, -0.2) is 8.78 Å². The van der Waals surface area contributed by atoms with E-state index in [1.165, 1.54) is 6.07 Å². The third kappa shape index (κ3) is 2.24. The number of amides is 1. The first-order valence-corrected chi connectivity index (χ1v) is 3.29. The van der Waals surface area contributed by atoms with Gasteiger partial charge in [-0.3, -0.25) is 4.79 Å². The van der Waals surface area contributed by atoms with Crippen LogP contribution < -0.4 is 5.32 Å². The molecule has 1 rings (SSSR count). The number of anilines is 1. The molecule has 0 aliphatic heterocycles. The topological polar surface area (TPSA) is 52.9 Å². The fourth-order valence-corrected chi connectivity index (χ4v) is 0.741. The molecule has 0 fully saturated rings. The van der Waals surface area contributed by atoms with Crippen LogP contribution >= 0.6 is 0 Å². The van der Waals surface area contributed by atoms with E-state index in [-0.39, 0.29) is 5.69 Å². The molecule has 0 heterocycles. The summed E-state index contributed by atoms with van der Waals surface area (Å²) in [6.45, 7) is 0. The normalized spacial score (nSPS) is 9.00. The predicted molar refractivity (Wildman–Crippen MR) is 40.6 cm³/mol. The Labute approximate surface area is 72.6 Å². The monoisotopic (exact) mass is 182 g/mol. The summed E-state index contributed by atoms with van der Waals surface area (Å²) in [6.07, 6.45) is 0. The van der Waals surface area contributed by atoms with Gasteiger partial charge in [0.05, 0.1) is 5.69 Å². The summed E-state index contributed by atoms with van der Waals surface area (Å²) in [5.74, 6) is -2.65. The molecule has 0 bridgehead atoms. The van der Waals surface area contributed by atoms with Crippen LogP contribution in [0.4, 0.5) is 14.5 Å². The number of nitriles is 1. The van der Waals surface area contributed by atoms with E-state index in [0.29, 0.717) is 6.07 Å². The highest BCUT2D eigenvalue weighted by molar-refractivity contribution is 6.02. The Kier molecular flexibility index (Phi) is 2.55. The number of halogens is 2. The zero-order chi connectivity index (χ0) is 9.84. The lowest BCUT2D eigenvalue weighted by molar-refractivity contribution is -0.111. The molecule has 0 unspecified atom stereocenters. The van der Waals surface area contributed by atoms with Crippen molar-refractivity contribution in [3.63, 3.8) is 0 Å². The molecule has 1 aromatic carbocycles. The van der Waals surface area contributed by atoms with Gasteiger partial charge in [0.15, 0.2) is 6.07 Å². The average Bonchev–Trinajstić information content (AvgIpc) is 2.09. The van der Waals surface area contributed by atoms with Crippen LogP contribution in [0, 0.1) is 23.0 Å². The van der Waals surface area contributed by atoms with Gasteiger partial charge in [0.25, 0.3) is 0 Å². The van der Waals surface area contributed by atoms with Crippen LogP contribution in [0.3, 0.4) is 0 Å². The van der Waals surface area contributed by atoms with Crippen molar-refractivity contribution in [1.82, 2.24) is 0 Å². The number of benzene rings is 1. The highest BCUT2D eigenvalue weighted by atomic mass is 19.1. The number of nitrogens with one attached hydrogen (secondary N) is 1. The van der Waals surface area contributed by atoms with Gasteiger partial charge in [0.1, 0.15) is 11.6 Å². The standard InChI is InChI=1S/C8H4F2N2O/c9-5-1-2-7(6(10)3-5)12-8(13)4-11/h1-3H,(H,12,13). The molecule has 0 saturated carbocycles. The zero-order valence-electron chi connectivity index (χ0n) is 6.34. The van der Waals surface area contributed by atoms with Crippen LogP contribution in [0.2, 0.25) is 0 Å². The summed E-state index contributed by atoms with van der Waals surface area (Å²) in [6, 6.07) is 3.89. The van der Waals surface area contributed by atoms with E-state index in [1.807, 2.05) is 5.32 Å². The van der Waals surface area contributed by atoms with E-state index in [4.69, 9.17) is 5.26 Å². The van der Waals surface area contributed by atoms with Gasteiger partial charge < -0.3 is 5.32 Å². The first-order chi connectivity index (χ1) is 6.13. The predicted octanol–water partition coefficient (Wildman–Crippen LogP) is 1.43. The van der Waals surface area contributed by atoms with E-state index in [2.05, 4.69) is 0 Å². The van der Waals surface area contributed by atoms with Gasteiger partial charge in [-0.05, 0) is 12.1 Å². The van der Waals surface area contributed by atoms with E-state index in [0.717, 1.165) is 12.1 Å². The molecular weight excluding hydrogens is 178 g/mol. The summed E-state index contributed by atoms with van der Waals surface area (Å²) in [4.78, 5) is 10.5. The number of rotatable bonds is 1. The van der Waals surface area contributed by atoms with Crippen LogP contribution in [0.15, 0.2) is 18.2 Å². The maximum atomic E-state index is 12.8. The maximum Gasteiger partial charge on any atom is 0.326 e. The molecule has 3 nitrogen and oxygen atoms in total. The third-order valence-electron chi connectivity index (χ3n) is 1.28. The molecule has 1 aromatic rings. The molecule has 1 N–H and O–H groups in total. The molecule has 5 heteroatoms. The largest absolute Gasteiger partial charge is 0.326 e. The Morgan fingerprint density at radius 2 is 2.15 bits per heavy atom. The smallest absolute Gasteiger partial charge is 0.311 e. The number of hydrogen-bond donors (Lipinski definition) is 1. The number of hydrogen-bond acceptors (Lipinski definition) is 2. The second kappa shape index (κ2) is 3.63. The second-order valence-electron chi connectivity index (χ2n) is 2.19. The Morgan fingerprint density at radius 1 is 1.46 bits per heavy atom. The summed E-state index contributed by atoms with van der Waals surface area (Å²) in [5, 5.41) is 10.0. The lowest BCUT2D eigenvalue weighted by atomic mass is 10.3. The van der Waals surface area contributed by atoms with E-state index >= 15 is 0 Å². The molecular formula is C8H4F2N2O. The number of carbonyl (C=O) groups is 1.